The molecule has 0 radical (unpaired) electrons. The Labute approximate surface area is 85.5 Å². The molecule has 0 amide bonds. The molecular weight excluding hydrogens is 180 g/mol. The van der Waals surface area contributed by atoms with Crippen LogP contribution in [0.4, 0.5) is 0 Å². The minimum absolute atomic E-state index is 0.165. The minimum atomic E-state index is -0.491. The highest BCUT2D eigenvalue weighted by atomic mass is 16.5. The third kappa shape index (κ3) is 3.66. The van der Waals surface area contributed by atoms with E-state index in [1.807, 2.05) is 0 Å². The van der Waals surface area contributed by atoms with E-state index in [4.69, 9.17) is 4.74 Å². The van der Waals surface area contributed by atoms with Gasteiger partial charge >= 0.3 is 5.97 Å². The topological polar surface area (TPSA) is 46.5 Å². The molecule has 0 aliphatic heterocycles. The lowest BCUT2D eigenvalue weighted by Crippen LogP contribution is -2.26. The van der Waals surface area contributed by atoms with Gasteiger partial charge in [-0.05, 0) is 25.7 Å². The van der Waals surface area contributed by atoms with Crippen molar-refractivity contribution in [1.29, 1.82) is 0 Å². The number of hydrogen-bond donors (Lipinski definition) is 1. The summed E-state index contributed by atoms with van der Waals surface area (Å²) in [5, 5.41) is 9.77. The van der Waals surface area contributed by atoms with Gasteiger partial charge in [0.15, 0.2) is 0 Å². The van der Waals surface area contributed by atoms with Crippen LogP contribution >= 0.6 is 0 Å². The first-order chi connectivity index (χ1) is 6.74. The number of carbonyl (C=O) groups is 1. The molecule has 0 aromatic heterocycles. The number of carbonyl (C=O) groups excluding carboxylic acids is 1. The van der Waals surface area contributed by atoms with Gasteiger partial charge < -0.3 is 9.84 Å². The van der Waals surface area contributed by atoms with Gasteiger partial charge in [-0.2, -0.15) is 0 Å². The number of aliphatic hydroxyl groups is 1. The molecule has 3 heteroatoms. The van der Waals surface area contributed by atoms with Crippen molar-refractivity contribution in [3.05, 3.63) is 0 Å². The maximum Gasteiger partial charge on any atom is 0.308 e. The van der Waals surface area contributed by atoms with Gasteiger partial charge in [-0.3, -0.25) is 4.79 Å². The summed E-state index contributed by atoms with van der Waals surface area (Å²) in [6.07, 6.45) is 5.42. The molecule has 0 bridgehead atoms. The summed E-state index contributed by atoms with van der Waals surface area (Å²) in [5.74, 6) is 0.0405. The van der Waals surface area contributed by atoms with E-state index < -0.39 is 6.10 Å². The molecule has 0 spiro atoms. The summed E-state index contributed by atoms with van der Waals surface area (Å²) in [4.78, 5) is 11.1. The van der Waals surface area contributed by atoms with Crippen LogP contribution in [0.25, 0.3) is 0 Å². The van der Waals surface area contributed by atoms with Gasteiger partial charge in [-0.1, -0.05) is 19.3 Å². The zero-order chi connectivity index (χ0) is 10.4. The van der Waals surface area contributed by atoms with Crippen molar-refractivity contribution < 1.29 is 14.6 Å². The largest absolute Gasteiger partial charge is 0.466 e. The van der Waals surface area contributed by atoms with Crippen LogP contribution in [-0.4, -0.2) is 23.8 Å². The van der Waals surface area contributed by atoms with E-state index in [1.165, 1.54) is 19.3 Å². The van der Waals surface area contributed by atoms with Gasteiger partial charge in [0.2, 0.25) is 0 Å². The van der Waals surface area contributed by atoms with E-state index in [-0.39, 0.29) is 12.4 Å². The molecule has 14 heavy (non-hydrogen) atoms. The number of hydrogen-bond acceptors (Lipinski definition) is 3. The van der Waals surface area contributed by atoms with Crippen LogP contribution in [0.15, 0.2) is 0 Å². The molecule has 1 saturated carbocycles. The second-order valence-electron chi connectivity index (χ2n) is 3.97. The van der Waals surface area contributed by atoms with Crippen LogP contribution in [0, 0.1) is 5.92 Å². The predicted molar refractivity (Wildman–Crippen MR) is 53.8 cm³/mol. The van der Waals surface area contributed by atoms with Crippen molar-refractivity contribution in [2.75, 3.05) is 6.61 Å². The van der Waals surface area contributed by atoms with E-state index >= 15 is 0 Å². The highest BCUT2D eigenvalue weighted by Gasteiger charge is 2.24. The van der Waals surface area contributed by atoms with Crippen LogP contribution < -0.4 is 0 Å². The van der Waals surface area contributed by atoms with Crippen LogP contribution in [0.2, 0.25) is 0 Å². The normalized spacial score (nSPS) is 20.4. The second kappa shape index (κ2) is 6.02. The van der Waals surface area contributed by atoms with E-state index in [1.54, 1.807) is 6.92 Å². The minimum Gasteiger partial charge on any atom is -0.466 e. The van der Waals surface area contributed by atoms with Crippen molar-refractivity contribution in [2.45, 2.75) is 51.6 Å². The molecule has 1 atom stereocenters. The first-order valence-electron chi connectivity index (χ1n) is 5.57. The Balaban J connectivity index is 2.25. The lowest BCUT2D eigenvalue weighted by Gasteiger charge is -2.25. The average molecular weight is 200 g/mol. The van der Waals surface area contributed by atoms with Crippen LogP contribution in [0.1, 0.15) is 45.4 Å². The van der Waals surface area contributed by atoms with Crippen molar-refractivity contribution in [3.63, 3.8) is 0 Å². The molecule has 1 rings (SSSR count). The molecule has 1 aliphatic carbocycles. The van der Waals surface area contributed by atoms with Gasteiger partial charge in [0, 0.05) is 0 Å². The first kappa shape index (κ1) is 11.5. The average Bonchev–Trinajstić information content (AvgIpc) is 2.19. The van der Waals surface area contributed by atoms with Crippen molar-refractivity contribution in [3.8, 4) is 0 Å². The maximum atomic E-state index is 11.1. The summed E-state index contributed by atoms with van der Waals surface area (Å²) in [6, 6.07) is 0. The number of esters is 1. The Bertz CT molecular complexity index is 173. The molecule has 1 N–H and O–H groups in total. The summed E-state index contributed by atoms with van der Waals surface area (Å²) in [6.45, 7) is 2.18. The molecule has 0 aromatic rings. The first-order valence-corrected chi connectivity index (χ1v) is 5.57. The summed E-state index contributed by atoms with van der Waals surface area (Å²) in [5.41, 5.74) is 0. The number of aliphatic hydroxyl groups excluding tert-OH is 1. The third-order valence-corrected chi connectivity index (χ3v) is 2.88. The molecule has 0 heterocycles. The Morgan fingerprint density at radius 3 is 2.64 bits per heavy atom. The third-order valence-electron chi connectivity index (χ3n) is 2.88. The molecule has 1 aliphatic rings. The summed E-state index contributed by atoms with van der Waals surface area (Å²) in [7, 11) is 0. The van der Waals surface area contributed by atoms with Crippen molar-refractivity contribution in [2.24, 2.45) is 5.92 Å². The summed E-state index contributed by atoms with van der Waals surface area (Å²) < 4.78 is 4.80. The van der Waals surface area contributed by atoms with Crippen LogP contribution in [0.3, 0.4) is 0 Å². The number of rotatable bonds is 4. The smallest absolute Gasteiger partial charge is 0.308 e. The van der Waals surface area contributed by atoms with Gasteiger partial charge in [0.1, 0.15) is 0 Å². The fraction of sp³-hybridized carbons (Fsp3) is 0.909. The fourth-order valence-corrected chi connectivity index (χ4v) is 2.08. The highest BCUT2D eigenvalue weighted by molar-refractivity contribution is 5.69. The second-order valence-corrected chi connectivity index (χ2v) is 3.97. The molecular formula is C11H20O3. The highest BCUT2D eigenvalue weighted by Crippen LogP contribution is 2.27. The number of ether oxygens (including phenoxy) is 1. The fourth-order valence-electron chi connectivity index (χ4n) is 2.08. The van der Waals surface area contributed by atoms with Gasteiger partial charge in [0.05, 0.1) is 19.1 Å². The Morgan fingerprint density at radius 2 is 2.07 bits per heavy atom. The molecule has 1 fully saturated rings. The Morgan fingerprint density at radius 1 is 1.43 bits per heavy atom. The van der Waals surface area contributed by atoms with Crippen LogP contribution in [-0.2, 0) is 9.53 Å². The molecule has 82 valence electrons. The maximum absolute atomic E-state index is 11.1. The molecule has 0 aromatic carbocycles. The van der Waals surface area contributed by atoms with Crippen molar-refractivity contribution >= 4 is 5.97 Å². The van der Waals surface area contributed by atoms with E-state index in [9.17, 15) is 9.90 Å². The monoisotopic (exact) mass is 200 g/mol. The van der Waals surface area contributed by atoms with Crippen LogP contribution in [0.5, 0.6) is 0 Å². The molecule has 0 unspecified atom stereocenters. The quantitative estimate of drug-likeness (QED) is 0.705. The van der Waals surface area contributed by atoms with E-state index in [2.05, 4.69) is 0 Å². The standard InChI is InChI=1S/C11H20O3/c1-2-14-11(13)8-10(12)9-6-4-3-5-7-9/h9-10,12H,2-8H2,1H3/t10-/m0/s1. The summed E-state index contributed by atoms with van der Waals surface area (Å²) >= 11 is 0. The zero-order valence-electron chi connectivity index (χ0n) is 8.87. The molecule has 0 saturated heterocycles. The van der Waals surface area contributed by atoms with Gasteiger partial charge in [0.25, 0.3) is 0 Å². The predicted octanol–water partition coefficient (Wildman–Crippen LogP) is 1.88. The van der Waals surface area contributed by atoms with E-state index in [0.29, 0.717) is 12.5 Å². The van der Waals surface area contributed by atoms with Crippen molar-refractivity contribution in [1.82, 2.24) is 0 Å². The SMILES string of the molecule is CCOC(=O)C[C@H](O)C1CCCCC1. The Hall–Kier alpha value is -0.570. The molecule has 3 nitrogen and oxygen atoms in total. The Kier molecular flexibility index (Phi) is 4.94. The lowest BCUT2D eigenvalue weighted by molar-refractivity contribution is -0.146. The van der Waals surface area contributed by atoms with Gasteiger partial charge in [-0.15, -0.1) is 0 Å². The zero-order valence-corrected chi connectivity index (χ0v) is 8.87. The van der Waals surface area contributed by atoms with E-state index in [0.717, 1.165) is 12.8 Å². The lowest BCUT2D eigenvalue weighted by atomic mass is 9.84. The van der Waals surface area contributed by atoms with Gasteiger partial charge in [-0.25, -0.2) is 0 Å².